The monoisotopic (exact) mass is 358 g/mol. The molecule has 1 heterocycles. The Kier molecular flexibility index (Phi) is 6.48. The summed E-state index contributed by atoms with van der Waals surface area (Å²) in [6, 6.07) is 7.37. The van der Waals surface area contributed by atoms with Gasteiger partial charge in [0.05, 0.1) is 14.2 Å². The number of methoxy groups -OCH3 is 2. The van der Waals surface area contributed by atoms with Gasteiger partial charge in [0.1, 0.15) is 22.5 Å². The number of nitrogens with one attached hydrogen (secondary N) is 2. The Bertz CT molecular complexity index is 824. The Morgan fingerprint density at radius 1 is 1.40 bits per heavy atom. The summed E-state index contributed by atoms with van der Waals surface area (Å²) in [6.45, 7) is 1.96. The van der Waals surface area contributed by atoms with E-state index in [0.717, 1.165) is 11.3 Å². The molecule has 0 fully saturated rings. The summed E-state index contributed by atoms with van der Waals surface area (Å²) in [5.41, 5.74) is 1.11. The van der Waals surface area contributed by atoms with Crippen LogP contribution in [-0.4, -0.2) is 36.1 Å². The first-order valence-electron chi connectivity index (χ1n) is 7.45. The van der Waals surface area contributed by atoms with Crippen LogP contribution in [0.3, 0.4) is 0 Å². The van der Waals surface area contributed by atoms with Crippen molar-refractivity contribution in [3.8, 4) is 17.6 Å². The van der Waals surface area contributed by atoms with Crippen molar-refractivity contribution in [2.45, 2.75) is 11.9 Å². The molecule has 130 valence electrons. The molecule has 0 bridgehead atoms. The van der Waals surface area contributed by atoms with E-state index in [0.29, 0.717) is 27.9 Å². The van der Waals surface area contributed by atoms with Crippen molar-refractivity contribution in [3.05, 3.63) is 35.4 Å². The highest BCUT2D eigenvalue weighted by atomic mass is 32.2. The smallest absolute Gasteiger partial charge is 0.249 e. The summed E-state index contributed by atoms with van der Waals surface area (Å²) in [7, 11) is 3.11. The molecule has 1 aromatic carbocycles. The van der Waals surface area contributed by atoms with Crippen LogP contribution in [0.1, 0.15) is 18.1 Å². The van der Waals surface area contributed by atoms with Crippen LogP contribution in [0.25, 0.3) is 6.08 Å². The minimum Gasteiger partial charge on any atom is -0.493 e. The van der Waals surface area contributed by atoms with Gasteiger partial charge in [-0.1, -0.05) is 13.0 Å². The van der Waals surface area contributed by atoms with E-state index in [9.17, 15) is 10.1 Å². The molecule has 2 N–H and O–H groups in total. The molecule has 0 unspecified atom stereocenters. The number of anilines is 1. The maximum atomic E-state index is 12.1. The van der Waals surface area contributed by atoms with E-state index in [1.165, 1.54) is 17.8 Å². The molecule has 2 rings (SSSR count). The Balaban J connectivity index is 2.10. The number of hydrogen-bond acceptors (Lipinski definition) is 6. The van der Waals surface area contributed by atoms with Gasteiger partial charge in [-0.05, 0) is 29.5 Å². The predicted molar refractivity (Wildman–Crippen MR) is 96.9 cm³/mol. The molecular formula is C17H18N4O3S. The number of aromatic nitrogens is 2. The zero-order chi connectivity index (χ0) is 18.2. The Hall–Kier alpha value is -2.92. The van der Waals surface area contributed by atoms with Gasteiger partial charge < -0.3 is 14.8 Å². The normalized spacial score (nSPS) is 10.5. The number of thioether (sulfide) groups is 1. The number of carbonyl (C=O) groups is 1. The maximum absolute atomic E-state index is 12.1. The van der Waals surface area contributed by atoms with Gasteiger partial charge in [0, 0.05) is 6.08 Å². The largest absolute Gasteiger partial charge is 0.493 e. The van der Waals surface area contributed by atoms with Gasteiger partial charge in [-0.2, -0.15) is 10.4 Å². The minimum atomic E-state index is -0.372. The molecule has 25 heavy (non-hydrogen) atoms. The number of nitriles is 1. The second-order valence-corrected chi connectivity index (χ2v) is 6.01. The molecule has 0 radical (unpaired) electrons. The highest BCUT2D eigenvalue weighted by Crippen LogP contribution is 2.28. The van der Waals surface area contributed by atoms with E-state index < -0.39 is 0 Å². The van der Waals surface area contributed by atoms with Crippen LogP contribution in [0, 0.1) is 11.3 Å². The van der Waals surface area contributed by atoms with Crippen molar-refractivity contribution >= 4 is 29.6 Å². The van der Waals surface area contributed by atoms with Gasteiger partial charge in [-0.3, -0.25) is 9.89 Å². The number of aromatic amines is 1. The second-order valence-electron chi connectivity index (χ2n) is 4.76. The summed E-state index contributed by atoms with van der Waals surface area (Å²) < 4.78 is 10.4. The Labute approximate surface area is 150 Å². The number of hydrogen-bond donors (Lipinski definition) is 2. The van der Waals surface area contributed by atoms with Crippen molar-refractivity contribution in [3.63, 3.8) is 0 Å². The molecule has 8 heteroatoms. The summed E-state index contributed by atoms with van der Waals surface area (Å²) in [4.78, 5) is 12.1. The van der Waals surface area contributed by atoms with Gasteiger partial charge >= 0.3 is 0 Å². The van der Waals surface area contributed by atoms with Crippen LogP contribution in [0.15, 0.2) is 29.3 Å². The standard InChI is InChI=1S/C17H18N4O3S/c1-4-25-17-12(10-18)16(20-21-17)19-15(22)8-6-11-5-7-13(23-2)14(9-11)24-3/h5-9H,4H2,1-3H3,(H2,19,20,21,22)/b8-6+. The van der Waals surface area contributed by atoms with Gasteiger partial charge in [0.15, 0.2) is 11.5 Å². The molecule has 0 aliphatic carbocycles. The van der Waals surface area contributed by atoms with Gasteiger partial charge in [-0.25, -0.2) is 0 Å². The van der Waals surface area contributed by atoms with Crippen molar-refractivity contribution in [1.29, 1.82) is 5.26 Å². The predicted octanol–water partition coefficient (Wildman–Crippen LogP) is 3.06. The molecule has 0 atom stereocenters. The third-order valence-corrected chi connectivity index (χ3v) is 4.07. The first-order valence-corrected chi connectivity index (χ1v) is 8.43. The fourth-order valence-electron chi connectivity index (χ4n) is 2.05. The first kappa shape index (κ1) is 18.4. The Morgan fingerprint density at radius 2 is 2.16 bits per heavy atom. The fraction of sp³-hybridized carbons (Fsp3) is 0.235. The van der Waals surface area contributed by atoms with Crippen molar-refractivity contribution < 1.29 is 14.3 Å². The molecule has 0 saturated carbocycles. The molecule has 2 aromatic rings. The van der Waals surface area contributed by atoms with Crippen molar-refractivity contribution in [1.82, 2.24) is 10.2 Å². The van der Waals surface area contributed by atoms with E-state index in [4.69, 9.17) is 9.47 Å². The maximum Gasteiger partial charge on any atom is 0.249 e. The van der Waals surface area contributed by atoms with Crippen molar-refractivity contribution in [2.24, 2.45) is 0 Å². The van der Waals surface area contributed by atoms with Crippen LogP contribution >= 0.6 is 11.8 Å². The fourth-order valence-corrected chi connectivity index (χ4v) is 2.73. The lowest BCUT2D eigenvalue weighted by molar-refractivity contribution is -0.111. The number of nitrogens with zero attached hydrogens (tertiary/aromatic N) is 2. The average Bonchev–Trinajstić information content (AvgIpc) is 3.01. The van der Waals surface area contributed by atoms with E-state index in [1.807, 2.05) is 6.92 Å². The van der Waals surface area contributed by atoms with Crippen LogP contribution < -0.4 is 14.8 Å². The SMILES string of the molecule is CCSc1n[nH]c(NC(=O)/C=C/c2ccc(OC)c(OC)c2)c1C#N. The minimum absolute atomic E-state index is 0.292. The number of rotatable bonds is 7. The van der Waals surface area contributed by atoms with Crippen LogP contribution in [-0.2, 0) is 4.79 Å². The molecule has 0 aliphatic heterocycles. The molecule has 0 spiro atoms. The van der Waals surface area contributed by atoms with E-state index in [1.54, 1.807) is 38.5 Å². The Morgan fingerprint density at radius 3 is 2.80 bits per heavy atom. The first-order chi connectivity index (χ1) is 12.1. The van der Waals surface area contributed by atoms with Crippen LogP contribution in [0.2, 0.25) is 0 Å². The molecule has 1 aromatic heterocycles. The summed E-state index contributed by atoms with van der Waals surface area (Å²) in [5.74, 6) is 1.89. The lowest BCUT2D eigenvalue weighted by atomic mass is 10.2. The van der Waals surface area contributed by atoms with Gasteiger partial charge in [0.25, 0.3) is 0 Å². The zero-order valence-corrected chi connectivity index (χ0v) is 14.9. The van der Waals surface area contributed by atoms with Crippen LogP contribution in [0.5, 0.6) is 11.5 Å². The number of benzene rings is 1. The summed E-state index contributed by atoms with van der Waals surface area (Å²) in [6.07, 6.45) is 3.01. The van der Waals surface area contributed by atoms with Gasteiger partial charge in [-0.15, -0.1) is 11.8 Å². The molecule has 0 aliphatic rings. The summed E-state index contributed by atoms with van der Waals surface area (Å²) in [5, 5.41) is 19.1. The number of H-pyrrole nitrogens is 1. The quantitative estimate of drug-likeness (QED) is 0.583. The van der Waals surface area contributed by atoms with E-state index in [-0.39, 0.29) is 5.91 Å². The summed E-state index contributed by atoms with van der Waals surface area (Å²) >= 11 is 1.43. The van der Waals surface area contributed by atoms with Crippen molar-refractivity contribution in [2.75, 3.05) is 25.3 Å². The lowest BCUT2D eigenvalue weighted by Gasteiger charge is -2.07. The number of amides is 1. The third kappa shape index (κ3) is 4.55. The number of ether oxygens (including phenoxy) is 2. The molecule has 0 saturated heterocycles. The molecular weight excluding hydrogens is 340 g/mol. The van der Waals surface area contributed by atoms with E-state index >= 15 is 0 Å². The topological polar surface area (TPSA) is 100 Å². The molecule has 1 amide bonds. The van der Waals surface area contributed by atoms with Crippen LogP contribution in [0.4, 0.5) is 5.82 Å². The zero-order valence-electron chi connectivity index (χ0n) is 14.1. The highest BCUT2D eigenvalue weighted by Gasteiger charge is 2.14. The number of carbonyl (C=O) groups excluding carboxylic acids is 1. The second kappa shape index (κ2) is 8.80. The molecule has 7 nitrogen and oxygen atoms in total. The highest BCUT2D eigenvalue weighted by molar-refractivity contribution is 7.99. The van der Waals surface area contributed by atoms with E-state index in [2.05, 4.69) is 21.6 Å². The third-order valence-electron chi connectivity index (χ3n) is 3.21. The lowest BCUT2D eigenvalue weighted by Crippen LogP contribution is -2.09. The van der Waals surface area contributed by atoms with Gasteiger partial charge in [0.2, 0.25) is 5.91 Å². The average molecular weight is 358 g/mol.